The zero-order chi connectivity index (χ0) is 10.7. The third kappa shape index (κ3) is 2.45. The van der Waals surface area contributed by atoms with Crippen LogP contribution in [0.3, 0.4) is 0 Å². The van der Waals surface area contributed by atoms with E-state index in [-0.39, 0.29) is 0 Å². The minimum absolute atomic E-state index is 0.685. The molecular formula is C11H18N4. The lowest BCUT2D eigenvalue weighted by Gasteiger charge is -2.19. The second-order valence-corrected chi connectivity index (χ2v) is 3.94. The van der Waals surface area contributed by atoms with Crippen LogP contribution in [0.1, 0.15) is 25.3 Å². The molecule has 0 bridgehead atoms. The fourth-order valence-electron chi connectivity index (χ4n) is 1.74. The van der Waals surface area contributed by atoms with Crippen molar-refractivity contribution in [1.29, 1.82) is 0 Å². The third-order valence-corrected chi connectivity index (χ3v) is 2.66. The lowest BCUT2D eigenvalue weighted by molar-refractivity contribution is 0.769. The van der Waals surface area contributed by atoms with Crippen LogP contribution in [0, 0.1) is 0 Å². The summed E-state index contributed by atoms with van der Waals surface area (Å²) in [5.74, 6) is 0.875. The van der Waals surface area contributed by atoms with Gasteiger partial charge in [-0.1, -0.05) is 0 Å². The minimum Gasteiger partial charge on any atom is -0.338 e. The van der Waals surface area contributed by atoms with E-state index < -0.39 is 0 Å². The van der Waals surface area contributed by atoms with Crippen LogP contribution in [0.4, 0.5) is 5.95 Å². The summed E-state index contributed by atoms with van der Waals surface area (Å²) in [6.07, 6.45) is 6.39. The summed E-state index contributed by atoms with van der Waals surface area (Å²) in [4.78, 5) is 11.1. The molecule has 0 saturated heterocycles. The number of aromatic nitrogens is 2. The Bertz CT molecular complexity index is 305. The van der Waals surface area contributed by atoms with E-state index in [4.69, 9.17) is 0 Å². The van der Waals surface area contributed by atoms with Crippen molar-refractivity contribution < 1.29 is 0 Å². The lowest BCUT2D eigenvalue weighted by atomic mass is 10.3. The van der Waals surface area contributed by atoms with Crippen LogP contribution in [-0.4, -0.2) is 29.6 Å². The molecule has 4 heteroatoms. The van der Waals surface area contributed by atoms with Crippen molar-refractivity contribution in [2.24, 2.45) is 0 Å². The molecular weight excluding hydrogens is 188 g/mol. The van der Waals surface area contributed by atoms with Gasteiger partial charge >= 0.3 is 0 Å². The molecule has 4 nitrogen and oxygen atoms in total. The Morgan fingerprint density at radius 1 is 1.40 bits per heavy atom. The van der Waals surface area contributed by atoms with Crippen molar-refractivity contribution >= 4 is 5.95 Å². The Hall–Kier alpha value is -1.16. The molecule has 0 unspecified atom stereocenters. The van der Waals surface area contributed by atoms with E-state index in [1.807, 2.05) is 19.4 Å². The number of hydrogen-bond acceptors (Lipinski definition) is 4. The van der Waals surface area contributed by atoms with Crippen molar-refractivity contribution in [2.45, 2.75) is 32.4 Å². The highest BCUT2D eigenvalue weighted by Crippen LogP contribution is 2.28. The van der Waals surface area contributed by atoms with E-state index >= 15 is 0 Å². The van der Waals surface area contributed by atoms with Crippen LogP contribution in [0.5, 0.6) is 0 Å². The molecule has 0 aromatic carbocycles. The van der Waals surface area contributed by atoms with E-state index in [1.165, 1.54) is 12.8 Å². The second kappa shape index (κ2) is 4.57. The van der Waals surface area contributed by atoms with Crippen LogP contribution in [0.25, 0.3) is 0 Å². The normalized spacial score (nSPS) is 15.3. The first-order valence-corrected chi connectivity index (χ1v) is 5.57. The van der Waals surface area contributed by atoms with Gasteiger partial charge in [0.2, 0.25) is 5.95 Å². The van der Waals surface area contributed by atoms with Gasteiger partial charge in [0.15, 0.2) is 0 Å². The van der Waals surface area contributed by atoms with E-state index in [1.54, 1.807) is 0 Å². The van der Waals surface area contributed by atoms with E-state index in [0.29, 0.717) is 6.04 Å². The molecule has 1 saturated carbocycles. The zero-order valence-corrected chi connectivity index (χ0v) is 9.40. The highest BCUT2D eigenvalue weighted by atomic mass is 15.3. The van der Waals surface area contributed by atoms with Crippen molar-refractivity contribution in [1.82, 2.24) is 15.3 Å². The zero-order valence-electron chi connectivity index (χ0n) is 9.40. The van der Waals surface area contributed by atoms with Gasteiger partial charge < -0.3 is 10.2 Å². The van der Waals surface area contributed by atoms with E-state index in [0.717, 1.165) is 24.6 Å². The molecule has 15 heavy (non-hydrogen) atoms. The van der Waals surface area contributed by atoms with Gasteiger partial charge in [0, 0.05) is 37.1 Å². The Morgan fingerprint density at radius 2 is 2.07 bits per heavy atom. The molecule has 82 valence electrons. The molecule has 0 amide bonds. The second-order valence-electron chi connectivity index (χ2n) is 3.94. The molecule has 1 aromatic heterocycles. The average Bonchev–Trinajstić information content (AvgIpc) is 3.06. The van der Waals surface area contributed by atoms with Crippen LogP contribution >= 0.6 is 0 Å². The molecule has 1 aromatic rings. The first kappa shape index (κ1) is 10.4. The summed E-state index contributed by atoms with van der Waals surface area (Å²) in [5, 5.41) is 3.09. The predicted octanol–water partition coefficient (Wildman–Crippen LogP) is 1.18. The van der Waals surface area contributed by atoms with Gasteiger partial charge in [0.1, 0.15) is 0 Å². The van der Waals surface area contributed by atoms with Crippen molar-refractivity contribution in [3.8, 4) is 0 Å². The fraction of sp³-hybridized carbons (Fsp3) is 0.636. The topological polar surface area (TPSA) is 41.1 Å². The summed E-state index contributed by atoms with van der Waals surface area (Å²) in [6, 6.07) is 0.685. The molecule has 0 aliphatic heterocycles. The van der Waals surface area contributed by atoms with Crippen LogP contribution < -0.4 is 10.2 Å². The molecule has 1 heterocycles. The standard InChI is InChI=1S/C11H18N4/c1-3-15(10-4-5-10)11-13-7-9(6-12-2)8-14-11/h7-8,10,12H,3-6H2,1-2H3. The molecule has 0 atom stereocenters. The lowest BCUT2D eigenvalue weighted by Crippen LogP contribution is -2.27. The quantitative estimate of drug-likeness (QED) is 0.785. The SMILES string of the molecule is CCN(c1ncc(CNC)cn1)C1CC1. The number of rotatable bonds is 5. The van der Waals surface area contributed by atoms with Crippen molar-refractivity contribution in [2.75, 3.05) is 18.5 Å². The fourth-order valence-corrected chi connectivity index (χ4v) is 1.74. The Morgan fingerprint density at radius 3 is 2.53 bits per heavy atom. The Balaban J connectivity index is 2.07. The monoisotopic (exact) mass is 206 g/mol. The van der Waals surface area contributed by atoms with Gasteiger partial charge in [0.25, 0.3) is 0 Å². The maximum atomic E-state index is 4.40. The van der Waals surface area contributed by atoms with Gasteiger partial charge in [-0.05, 0) is 26.8 Å². The Kier molecular flexibility index (Phi) is 3.16. The summed E-state index contributed by atoms with van der Waals surface area (Å²) < 4.78 is 0. The number of nitrogens with zero attached hydrogens (tertiary/aromatic N) is 3. The van der Waals surface area contributed by atoms with Gasteiger partial charge in [-0.3, -0.25) is 0 Å². The van der Waals surface area contributed by atoms with E-state index in [9.17, 15) is 0 Å². The predicted molar refractivity (Wildman–Crippen MR) is 60.8 cm³/mol. The maximum absolute atomic E-state index is 4.40. The smallest absolute Gasteiger partial charge is 0.225 e. The molecule has 2 rings (SSSR count). The Labute approximate surface area is 90.7 Å². The molecule has 0 spiro atoms. The summed E-state index contributed by atoms with van der Waals surface area (Å²) in [6.45, 7) is 3.98. The summed E-state index contributed by atoms with van der Waals surface area (Å²) in [7, 11) is 1.93. The maximum Gasteiger partial charge on any atom is 0.225 e. The number of nitrogens with one attached hydrogen (secondary N) is 1. The molecule has 1 N–H and O–H groups in total. The highest BCUT2D eigenvalue weighted by Gasteiger charge is 2.29. The first-order chi connectivity index (χ1) is 7.35. The van der Waals surface area contributed by atoms with Crippen molar-refractivity contribution in [3.05, 3.63) is 18.0 Å². The number of anilines is 1. The van der Waals surface area contributed by atoms with Crippen molar-refractivity contribution in [3.63, 3.8) is 0 Å². The number of hydrogen-bond donors (Lipinski definition) is 1. The molecule has 1 fully saturated rings. The van der Waals surface area contributed by atoms with Gasteiger partial charge in [-0.15, -0.1) is 0 Å². The van der Waals surface area contributed by atoms with E-state index in [2.05, 4.69) is 27.1 Å². The van der Waals surface area contributed by atoms with Gasteiger partial charge in [-0.25, -0.2) is 9.97 Å². The highest BCUT2D eigenvalue weighted by molar-refractivity contribution is 5.33. The average molecular weight is 206 g/mol. The summed E-state index contributed by atoms with van der Waals surface area (Å²) >= 11 is 0. The minimum atomic E-state index is 0.685. The first-order valence-electron chi connectivity index (χ1n) is 5.57. The largest absolute Gasteiger partial charge is 0.338 e. The third-order valence-electron chi connectivity index (χ3n) is 2.66. The van der Waals surface area contributed by atoms with Crippen LogP contribution in [0.2, 0.25) is 0 Å². The molecule has 0 radical (unpaired) electrons. The molecule has 1 aliphatic rings. The van der Waals surface area contributed by atoms with Gasteiger partial charge in [-0.2, -0.15) is 0 Å². The summed E-state index contributed by atoms with van der Waals surface area (Å²) in [5.41, 5.74) is 1.13. The van der Waals surface area contributed by atoms with Crippen LogP contribution in [0.15, 0.2) is 12.4 Å². The molecule has 1 aliphatic carbocycles. The van der Waals surface area contributed by atoms with Crippen LogP contribution in [-0.2, 0) is 6.54 Å². The van der Waals surface area contributed by atoms with Gasteiger partial charge in [0.05, 0.1) is 0 Å².